The molecule has 2 aliphatic rings. The Morgan fingerprint density at radius 2 is 1.84 bits per heavy atom. The predicted molar refractivity (Wildman–Crippen MR) is 123 cm³/mol. The molecule has 0 unspecified atom stereocenters. The Morgan fingerprint density at radius 3 is 2.68 bits per heavy atom. The molecule has 4 nitrogen and oxygen atoms in total. The molecule has 0 fully saturated rings. The molecule has 4 heteroatoms. The van der Waals surface area contributed by atoms with Crippen molar-refractivity contribution in [1.82, 2.24) is 0 Å². The minimum atomic E-state index is -0.313. The number of fused-ring (bicyclic) bond motifs is 4. The van der Waals surface area contributed by atoms with Crippen LogP contribution >= 0.6 is 0 Å². The van der Waals surface area contributed by atoms with Gasteiger partial charge in [-0.2, -0.15) is 5.26 Å². The first kappa shape index (κ1) is 19.4. The minimum Gasteiger partial charge on any atom is -0.478 e. The number of hydrogen-bond acceptors (Lipinski definition) is 4. The molecule has 1 heterocycles. The lowest BCUT2D eigenvalue weighted by Gasteiger charge is -2.40. The zero-order chi connectivity index (χ0) is 21.6. The van der Waals surface area contributed by atoms with Crippen LogP contribution in [0.15, 0.2) is 66.2 Å². The summed E-state index contributed by atoms with van der Waals surface area (Å²) in [4.78, 5) is 13.4. The van der Waals surface area contributed by atoms with Crippen molar-refractivity contribution in [2.45, 2.75) is 32.7 Å². The maximum atomic E-state index is 13.4. The summed E-state index contributed by atoms with van der Waals surface area (Å²) in [7, 11) is 0. The predicted octanol–water partition coefficient (Wildman–Crippen LogP) is 6.05. The molecule has 31 heavy (non-hydrogen) atoms. The number of allylic oxidation sites excluding steroid dienone is 1. The quantitative estimate of drug-likeness (QED) is 0.573. The highest BCUT2D eigenvalue weighted by Gasteiger charge is 2.41. The first-order valence-corrected chi connectivity index (χ1v) is 10.6. The maximum absolute atomic E-state index is 13.4. The highest BCUT2D eigenvalue weighted by Crippen LogP contribution is 2.52. The van der Waals surface area contributed by atoms with Gasteiger partial charge in [0.05, 0.1) is 11.7 Å². The largest absolute Gasteiger partial charge is 0.478 e. The second kappa shape index (κ2) is 7.28. The van der Waals surface area contributed by atoms with E-state index in [4.69, 9.17) is 10.00 Å². The van der Waals surface area contributed by atoms with Crippen LogP contribution in [0, 0.1) is 16.7 Å². The summed E-state index contributed by atoms with van der Waals surface area (Å²) >= 11 is 0. The lowest BCUT2D eigenvalue weighted by atomic mass is 9.68. The van der Waals surface area contributed by atoms with E-state index in [2.05, 4.69) is 43.4 Å². The Hall–Kier alpha value is -3.58. The Bertz CT molecular complexity index is 1280. The third-order valence-electron chi connectivity index (χ3n) is 6.27. The first-order chi connectivity index (χ1) is 15.0. The number of carbonyl (C=O) groups is 1. The fourth-order valence-corrected chi connectivity index (χ4v) is 5.00. The summed E-state index contributed by atoms with van der Waals surface area (Å²) in [5.41, 5.74) is 4.93. The van der Waals surface area contributed by atoms with E-state index in [1.54, 1.807) is 0 Å². The van der Waals surface area contributed by atoms with Gasteiger partial charge in [-0.05, 0) is 28.9 Å². The lowest BCUT2D eigenvalue weighted by molar-refractivity contribution is -0.118. The van der Waals surface area contributed by atoms with Crippen LogP contribution in [-0.4, -0.2) is 12.4 Å². The molecular formula is C27H24N2O2. The van der Waals surface area contributed by atoms with Crippen LogP contribution in [0.1, 0.15) is 43.9 Å². The standard InChI is InChI=1S/C27H24N2O2/c1-27(2)15-21-19-12-11-17-7-3-4-8-18(17)25(19)29-26(24(21)22(30)16-27)20-9-5-6-10-23(20)31-14-13-28/h3-12,26,29H,14-16H2,1-2H3/t26-/m0/s1. The molecule has 0 saturated heterocycles. The SMILES string of the molecule is CC1(C)CC(=O)C2=C(C1)c1ccc3ccccc3c1N[C@H]2c1ccccc1OCC#N. The van der Waals surface area contributed by atoms with E-state index in [0.717, 1.165) is 45.2 Å². The number of anilines is 1. The van der Waals surface area contributed by atoms with Crippen LogP contribution in [0.4, 0.5) is 5.69 Å². The van der Waals surface area contributed by atoms with Crippen LogP contribution < -0.4 is 10.1 Å². The van der Waals surface area contributed by atoms with Crippen molar-refractivity contribution in [3.05, 3.63) is 77.4 Å². The van der Waals surface area contributed by atoms with Gasteiger partial charge in [0, 0.05) is 28.5 Å². The Morgan fingerprint density at radius 1 is 1.06 bits per heavy atom. The van der Waals surface area contributed by atoms with Gasteiger partial charge in [-0.25, -0.2) is 0 Å². The number of rotatable bonds is 3. The van der Waals surface area contributed by atoms with Crippen LogP contribution in [-0.2, 0) is 4.79 Å². The van der Waals surface area contributed by atoms with E-state index in [-0.39, 0.29) is 23.8 Å². The molecule has 0 spiro atoms. The summed E-state index contributed by atoms with van der Waals surface area (Å²) in [5.74, 6) is 0.812. The van der Waals surface area contributed by atoms with Crippen LogP contribution in [0.5, 0.6) is 5.75 Å². The second-order valence-electron chi connectivity index (χ2n) is 9.10. The third kappa shape index (κ3) is 3.27. The van der Waals surface area contributed by atoms with Gasteiger partial charge in [0.25, 0.3) is 0 Å². The average molecular weight is 409 g/mol. The summed E-state index contributed by atoms with van der Waals surface area (Å²) < 4.78 is 5.74. The normalized spacial score (nSPS) is 19.3. The molecule has 1 aliphatic heterocycles. The Kier molecular flexibility index (Phi) is 4.55. The summed E-state index contributed by atoms with van der Waals surface area (Å²) in [6.07, 6.45) is 1.37. The number of ketones is 1. The van der Waals surface area contributed by atoms with Crippen molar-refractivity contribution in [2.75, 3.05) is 11.9 Å². The monoisotopic (exact) mass is 408 g/mol. The van der Waals surface area contributed by atoms with Crippen LogP contribution in [0.25, 0.3) is 16.3 Å². The van der Waals surface area contributed by atoms with Gasteiger partial charge in [-0.1, -0.05) is 68.4 Å². The highest BCUT2D eigenvalue weighted by atomic mass is 16.5. The number of benzene rings is 3. The Labute approximate surface area is 182 Å². The van der Waals surface area contributed by atoms with Crippen molar-refractivity contribution >= 4 is 27.8 Å². The Balaban J connectivity index is 1.76. The van der Waals surface area contributed by atoms with E-state index in [1.165, 1.54) is 0 Å². The number of carbonyl (C=O) groups excluding carboxylic acids is 1. The molecule has 1 N–H and O–H groups in total. The minimum absolute atomic E-state index is 0.0316. The van der Waals surface area contributed by atoms with Crippen molar-refractivity contribution in [2.24, 2.45) is 5.41 Å². The molecule has 1 atom stereocenters. The van der Waals surface area contributed by atoms with Crippen molar-refractivity contribution in [1.29, 1.82) is 5.26 Å². The molecule has 3 aromatic rings. The number of hydrogen-bond donors (Lipinski definition) is 1. The lowest BCUT2D eigenvalue weighted by Crippen LogP contribution is -2.33. The number of nitrogens with one attached hydrogen (secondary N) is 1. The molecule has 0 amide bonds. The number of nitrogens with zero attached hydrogens (tertiary/aromatic N) is 1. The van der Waals surface area contributed by atoms with E-state index >= 15 is 0 Å². The summed E-state index contributed by atoms with van der Waals surface area (Å²) in [6.45, 7) is 4.29. The molecule has 3 aromatic carbocycles. The molecule has 1 aliphatic carbocycles. The van der Waals surface area contributed by atoms with Gasteiger partial charge in [0.1, 0.15) is 11.8 Å². The van der Waals surface area contributed by atoms with Gasteiger partial charge < -0.3 is 10.1 Å². The van der Waals surface area contributed by atoms with Crippen LogP contribution in [0.2, 0.25) is 0 Å². The zero-order valence-electron chi connectivity index (χ0n) is 17.7. The van der Waals surface area contributed by atoms with E-state index in [9.17, 15) is 4.79 Å². The molecular weight excluding hydrogens is 384 g/mol. The average Bonchev–Trinajstić information content (AvgIpc) is 2.76. The smallest absolute Gasteiger partial charge is 0.174 e. The maximum Gasteiger partial charge on any atom is 0.174 e. The topological polar surface area (TPSA) is 62.1 Å². The molecule has 0 aromatic heterocycles. The summed E-state index contributed by atoms with van der Waals surface area (Å²) in [5, 5.41) is 15.0. The molecule has 0 radical (unpaired) electrons. The number of ether oxygens (including phenoxy) is 1. The van der Waals surface area contributed by atoms with E-state index in [0.29, 0.717) is 12.2 Å². The second-order valence-corrected chi connectivity index (χ2v) is 9.10. The van der Waals surface area contributed by atoms with E-state index < -0.39 is 0 Å². The van der Waals surface area contributed by atoms with Gasteiger partial charge in [-0.15, -0.1) is 0 Å². The van der Waals surface area contributed by atoms with Gasteiger partial charge >= 0.3 is 0 Å². The molecule has 0 bridgehead atoms. The summed E-state index contributed by atoms with van der Waals surface area (Å²) in [6, 6.07) is 22.0. The number of para-hydroxylation sites is 1. The van der Waals surface area contributed by atoms with Crippen molar-refractivity contribution in [3.8, 4) is 11.8 Å². The van der Waals surface area contributed by atoms with Crippen molar-refractivity contribution in [3.63, 3.8) is 0 Å². The van der Waals surface area contributed by atoms with Gasteiger partial charge in [-0.3, -0.25) is 4.79 Å². The fourth-order valence-electron chi connectivity index (χ4n) is 5.00. The van der Waals surface area contributed by atoms with Crippen LogP contribution in [0.3, 0.4) is 0 Å². The molecule has 154 valence electrons. The molecule has 0 saturated carbocycles. The van der Waals surface area contributed by atoms with E-state index in [1.807, 2.05) is 42.5 Å². The molecule has 5 rings (SSSR count). The van der Waals surface area contributed by atoms with Gasteiger partial charge in [0.2, 0.25) is 0 Å². The zero-order valence-corrected chi connectivity index (χ0v) is 17.7. The highest BCUT2D eigenvalue weighted by molar-refractivity contribution is 6.12. The number of Topliss-reactive ketones (excluding diaryl/α,β-unsaturated/α-hetero) is 1. The van der Waals surface area contributed by atoms with Gasteiger partial charge in [0.15, 0.2) is 12.4 Å². The fraction of sp³-hybridized carbons (Fsp3) is 0.259. The van der Waals surface area contributed by atoms with Crippen molar-refractivity contribution < 1.29 is 9.53 Å². The first-order valence-electron chi connectivity index (χ1n) is 10.6. The third-order valence-corrected chi connectivity index (χ3v) is 6.27. The number of nitriles is 1.